The van der Waals surface area contributed by atoms with Crippen molar-refractivity contribution in [1.82, 2.24) is 0 Å². The Labute approximate surface area is 153 Å². The van der Waals surface area contributed by atoms with Crippen molar-refractivity contribution in [3.63, 3.8) is 0 Å². The van der Waals surface area contributed by atoms with Crippen LogP contribution in [-0.2, 0) is 20.9 Å². The van der Waals surface area contributed by atoms with Crippen molar-refractivity contribution in [3.05, 3.63) is 54.1 Å². The topological polar surface area (TPSA) is 85.2 Å². The van der Waals surface area contributed by atoms with Gasteiger partial charge in [-0.3, -0.25) is 0 Å². The van der Waals surface area contributed by atoms with Gasteiger partial charge in [-0.2, -0.15) is 0 Å². The minimum Gasteiger partial charge on any atom is -0.497 e. The van der Waals surface area contributed by atoms with E-state index in [1.807, 2.05) is 24.3 Å². The molecule has 6 nitrogen and oxygen atoms in total. The van der Waals surface area contributed by atoms with Gasteiger partial charge in [0.05, 0.1) is 19.8 Å². The molecule has 0 spiro atoms. The van der Waals surface area contributed by atoms with Crippen LogP contribution in [0.3, 0.4) is 0 Å². The van der Waals surface area contributed by atoms with Crippen molar-refractivity contribution < 1.29 is 29.2 Å². The van der Waals surface area contributed by atoms with Gasteiger partial charge in [0, 0.05) is 19.1 Å². The van der Waals surface area contributed by atoms with E-state index in [0.717, 1.165) is 11.3 Å². The number of cyclic esters (lactones) is 1. The van der Waals surface area contributed by atoms with Gasteiger partial charge < -0.3 is 24.4 Å². The fourth-order valence-corrected chi connectivity index (χ4v) is 2.47. The van der Waals surface area contributed by atoms with Crippen molar-refractivity contribution in [2.75, 3.05) is 13.7 Å². The Morgan fingerprint density at radius 2 is 2.12 bits per heavy atom. The van der Waals surface area contributed by atoms with Crippen molar-refractivity contribution in [2.24, 2.45) is 0 Å². The second-order valence-electron chi connectivity index (χ2n) is 6.40. The van der Waals surface area contributed by atoms with Crippen LogP contribution in [0.15, 0.2) is 48.6 Å². The Balaban J connectivity index is 1.73. The number of carbonyl (C=O) groups excluding carboxylic acids is 1. The second-order valence-corrected chi connectivity index (χ2v) is 6.40. The van der Waals surface area contributed by atoms with Crippen LogP contribution in [0.4, 0.5) is 0 Å². The molecule has 6 heteroatoms. The highest BCUT2D eigenvalue weighted by Gasteiger charge is 2.27. The molecule has 26 heavy (non-hydrogen) atoms. The summed E-state index contributed by atoms with van der Waals surface area (Å²) in [6.45, 7) is 2.23. The second kappa shape index (κ2) is 9.52. The molecule has 1 aromatic carbocycles. The van der Waals surface area contributed by atoms with Gasteiger partial charge in [0.25, 0.3) is 0 Å². The van der Waals surface area contributed by atoms with Crippen LogP contribution < -0.4 is 4.74 Å². The predicted molar refractivity (Wildman–Crippen MR) is 96.7 cm³/mol. The van der Waals surface area contributed by atoms with Crippen molar-refractivity contribution >= 4 is 5.97 Å². The van der Waals surface area contributed by atoms with E-state index < -0.39 is 23.8 Å². The van der Waals surface area contributed by atoms with Crippen molar-refractivity contribution in [2.45, 2.75) is 44.2 Å². The molecule has 0 aliphatic carbocycles. The standard InChI is InChI=1S/C20H26O6/c1-20(23,12-10-17-4-3-5-19(22)26-17)18(21)11-13-25-14-15-6-8-16(24-2)9-7-15/h3,5-10,12,17-18,21,23H,4,11,13-14H2,1-2H3/b12-10+/t17?,18?,20-/m1/s1. The zero-order valence-electron chi connectivity index (χ0n) is 15.1. The van der Waals surface area contributed by atoms with Gasteiger partial charge in [-0.1, -0.05) is 24.3 Å². The molecule has 1 aliphatic heterocycles. The highest BCUT2D eigenvalue weighted by molar-refractivity contribution is 5.82. The van der Waals surface area contributed by atoms with Gasteiger partial charge in [0.2, 0.25) is 0 Å². The molecule has 0 radical (unpaired) electrons. The molecule has 1 aromatic rings. The fraction of sp³-hybridized carbons (Fsp3) is 0.450. The minimum atomic E-state index is -1.43. The molecule has 3 atom stereocenters. The first-order chi connectivity index (χ1) is 12.4. The maximum absolute atomic E-state index is 11.2. The fourth-order valence-electron chi connectivity index (χ4n) is 2.47. The van der Waals surface area contributed by atoms with Crippen LogP contribution in [0, 0.1) is 0 Å². The first-order valence-electron chi connectivity index (χ1n) is 8.58. The lowest BCUT2D eigenvalue weighted by Crippen LogP contribution is -2.38. The number of aliphatic hydroxyl groups excluding tert-OH is 1. The van der Waals surface area contributed by atoms with Gasteiger partial charge in [-0.15, -0.1) is 0 Å². The highest BCUT2D eigenvalue weighted by Crippen LogP contribution is 2.18. The van der Waals surface area contributed by atoms with Gasteiger partial charge >= 0.3 is 5.97 Å². The lowest BCUT2D eigenvalue weighted by atomic mass is 9.95. The number of esters is 1. The summed E-state index contributed by atoms with van der Waals surface area (Å²) in [5, 5.41) is 20.6. The summed E-state index contributed by atoms with van der Waals surface area (Å²) in [7, 11) is 1.61. The number of rotatable bonds is 9. The zero-order chi connectivity index (χ0) is 19.0. The van der Waals surface area contributed by atoms with Crippen LogP contribution in [0.5, 0.6) is 5.75 Å². The summed E-state index contributed by atoms with van der Waals surface area (Å²) in [6.07, 6.45) is 5.58. The molecule has 0 saturated heterocycles. The molecule has 0 amide bonds. The number of methoxy groups -OCH3 is 1. The third kappa shape index (κ3) is 6.29. The SMILES string of the molecule is COc1ccc(COCCC(O)[C@](C)(O)/C=C/C2CC=CC(=O)O2)cc1. The molecule has 1 heterocycles. The molecule has 0 aromatic heterocycles. The summed E-state index contributed by atoms with van der Waals surface area (Å²) >= 11 is 0. The van der Waals surface area contributed by atoms with E-state index in [1.54, 1.807) is 19.3 Å². The van der Waals surface area contributed by atoms with E-state index in [2.05, 4.69) is 0 Å². The third-order valence-electron chi connectivity index (χ3n) is 4.18. The molecular weight excluding hydrogens is 336 g/mol. The predicted octanol–water partition coefficient (Wildman–Crippen LogP) is 2.14. The Morgan fingerprint density at radius 1 is 1.38 bits per heavy atom. The molecule has 1 aliphatic rings. The Bertz CT molecular complexity index is 632. The Kier molecular flexibility index (Phi) is 7.38. The van der Waals surface area contributed by atoms with Gasteiger partial charge in [-0.25, -0.2) is 4.79 Å². The molecule has 142 valence electrons. The quantitative estimate of drug-likeness (QED) is 0.398. The average molecular weight is 362 g/mol. The van der Waals surface area contributed by atoms with E-state index in [-0.39, 0.29) is 6.42 Å². The van der Waals surface area contributed by atoms with Crippen LogP contribution in [0.2, 0.25) is 0 Å². The largest absolute Gasteiger partial charge is 0.497 e. The monoisotopic (exact) mass is 362 g/mol. The van der Waals surface area contributed by atoms with Gasteiger partial charge in [0.1, 0.15) is 17.5 Å². The van der Waals surface area contributed by atoms with Crippen molar-refractivity contribution in [3.8, 4) is 5.75 Å². The smallest absolute Gasteiger partial charge is 0.331 e. The molecule has 0 bridgehead atoms. The van der Waals surface area contributed by atoms with E-state index in [0.29, 0.717) is 19.6 Å². The summed E-state index contributed by atoms with van der Waals surface area (Å²) in [4.78, 5) is 11.2. The first-order valence-corrected chi connectivity index (χ1v) is 8.58. The average Bonchev–Trinajstić information content (AvgIpc) is 2.64. The normalized spacial score (nSPS) is 20.6. The van der Waals surface area contributed by atoms with E-state index in [9.17, 15) is 15.0 Å². The van der Waals surface area contributed by atoms with Crippen LogP contribution >= 0.6 is 0 Å². The number of aliphatic hydroxyl groups is 2. The summed E-state index contributed by atoms with van der Waals surface area (Å²) in [6, 6.07) is 7.54. The Morgan fingerprint density at radius 3 is 2.77 bits per heavy atom. The van der Waals surface area contributed by atoms with Crippen LogP contribution in [0.25, 0.3) is 0 Å². The molecule has 2 unspecified atom stereocenters. The van der Waals surface area contributed by atoms with Gasteiger partial charge in [-0.05, 0) is 37.1 Å². The van der Waals surface area contributed by atoms with Gasteiger partial charge in [0.15, 0.2) is 0 Å². The lowest BCUT2D eigenvalue weighted by Gasteiger charge is -2.26. The van der Waals surface area contributed by atoms with E-state index in [1.165, 1.54) is 19.1 Å². The van der Waals surface area contributed by atoms with Crippen molar-refractivity contribution in [1.29, 1.82) is 0 Å². The summed E-state index contributed by atoms with van der Waals surface area (Å²) in [5.74, 6) is 0.379. The third-order valence-corrected chi connectivity index (χ3v) is 4.18. The van der Waals surface area contributed by atoms with Crippen LogP contribution in [-0.4, -0.2) is 47.7 Å². The maximum Gasteiger partial charge on any atom is 0.331 e. The van der Waals surface area contributed by atoms with Crippen LogP contribution in [0.1, 0.15) is 25.3 Å². The maximum atomic E-state index is 11.2. The number of ether oxygens (including phenoxy) is 3. The number of hydrogen-bond donors (Lipinski definition) is 2. The minimum absolute atomic E-state index is 0.276. The zero-order valence-corrected chi connectivity index (χ0v) is 15.1. The molecule has 0 fully saturated rings. The number of carbonyl (C=O) groups is 1. The van der Waals surface area contributed by atoms with E-state index >= 15 is 0 Å². The first kappa shape index (κ1) is 20.2. The Hall–Kier alpha value is -2.15. The lowest BCUT2D eigenvalue weighted by molar-refractivity contribution is -0.141. The molecule has 2 N–H and O–H groups in total. The number of benzene rings is 1. The molecular formula is C20H26O6. The summed E-state index contributed by atoms with van der Waals surface area (Å²) in [5.41, 5.74) is -0.434. The molecule has 0 saturated carbocycles. The molecule has 2 rings (SSSR count). The van der Waals surface area contributed by atoms with E-state index in [4.69, 9.17) is 14.2 Å². The summed E-state index contributed by atoms with van der Waals surface area (Å²) < 4.78 is 15.7. The number of hydrogen-bond acceptors (Lipinski definition) is 6. The highest BCUT2D eigenvalue weighted by atomic mass is 16.5.